The molecule has 0 fully saturated rings. The molecule has 0 bridgehead atoms. The van der Waals surface area contributed by atoms with Crippen LogP contribution in [0.3, 0.4) is 0 Å². The molecule has 4 aromatic rings. The Labute approximate surface area is 191 Å². The lowest BCUT2D eigenvalue weighted by Gasteiger charge is -2.16. The molecular formula is C22H20F3N5O4. The van der Waals surface area contributed by atoms with Crippen molar-refractivity contribution < 1.29 is 32.0 Å². The summed E-state index contributed by atoms with van der Waals surface area (Å²) in [7, 11) is 0. The van der Waals surface area contributed by atoms with E-state index in [1.54, 1.807) is 26.0 Å². The van der Waals surface area contributed by atoms with E-state index in [2.05, 4.69) is 20.2 Å². The Bertz CT molecular complexity index is 1360. The topological polar surface area (TPSA) is 105 Å². The Hall–Kier alpha value is -3.96. The summed E-state index contributed by atoms with van der Waals surface area (Å²) in [4.78, 5) is 20.4. The molecule has 178 valence electrons. The molecule has 3 aromatic heterocycles. The number of esters is 1. The first-order chi connectivity index (χ1) is 16.1. The second kappa shape index (κ2) is 8.76. The Kier molecular flexibility index (Phi) is 5.98. The van der Waals surface area contributed by atoms with E-state index >= 15 is 0 Å². The first kappa shape index (κ1) is 23.2. The molecule has 0 N–H and O–H groups in total. The summed E-state index contributed by atoms with van der Waals surface area (Å²) >= 11 is 0. The van der Waals surface area contributed by atoms with Crippen LogP contribution in [0, 0.1) is 13.8 Å². The van der Waals surface area contributed by atoms with Gasteiger partial charge < -0.3 is 14.0 Å². The number of benzene rings is 1. The maximum Gasteiger partial charge on any atom is 0.435 e. The molecule has 0 saturated carbocycles. The SMILES string of the molecule is CCOC(=O)C(C)Oc1cc(C)c(-c2noc(-c3cn4nc(C(F)(F)F)ccc4n3)n2)cc1C. The number of aryl methyl sites for hydroxylation is 2. The molecule has 0 saturated heterocycles. The highest BCUT2D eigenvalue weighted by Gasteiger charge is 2.33. The highest BCUT2D eigenvalue weighted by Crippen LogP contribution is 2.31. The predicted octanol–water partition coefficient (Wildman–Crippen LogP) is 4.41. The van der Waals surface area contributed by atoms with E-state index in [1.807, 2.05) is 13.8 Å². The van der Waals surface area contributed by atoms with Gasteiger partial charge in [-0.1, -0.05) is 5.16 Å². The summed E-state index contributed by atoms with van der Waals surface area (Å²) in [5, 5.41) is 7.52. The summed E-state index contributed by atoms with van der Waals surface area (Å²) in [6.07, 6.45) is -4.06. The van der Waals surface area contributed by atoms with Crippen molar-refractivity contribution in [3.63, 3.8) is 0 Å². The summed E-state index contributed by atoms with van der Waals surface area (Å²) < 4.78 is 55.7. The van der Waals surface area contributed by atoms with E-state index in [9.17, 15) is 18.0 Å². The van der Waals surface area contributed by atoms with Crippen molar-refractivity contribution >= 4 is 11.6 Å². The molecule has 0 aliphatic carbocycles. The molecule has 1 aromatic carbocycles. The summed E-state index contributed by atoms with van der Waals surface area (Å²) in [5.74, 6) is 0.345. The van der Waals surface area contributed by atoms with Gasteiger partial charge in [0.05, 0.1) is 12.8 Å². The summed E-state index contributed by atoms with van der Waals surface area (Å²) in [6, 6.07) is 5.60. The fraction of sp³-hybridized carbons (Fsp3) is 0.318. The van der Waals surface area contributed by atoms with Crippen molar-refractivity contribution in [2.75, 3.05) is 6.61 Å². The summed E-state index contributed by atoms with van der Waals surface area (Å²) in [5.41, 5.74) is 1.50. The van der Waals surface area contributed by atoms with Crippen molar-refractivity contribution in [3.8, 4) is 28.7 Å². The van der Waals surface area contributed by atoms with Crippen LogP contribution < -0.4 is 4.74 Å². The van der Waals surface area contributed by atoms with Gasteiger partial charge in [0, 0.05) is 5.56 Å². The highest BCUT2D eigenvalue weighted by molar-refractivity contribution is 5.75. The zero-order chi connectivity index (χ0) is 24.6. The number of carbonyl (C=O) groups is 1. The smallest absolute Gasteiger partial charge is 0.435 e. The van der Waals surface area contributed by atoms with Crippen molar-refractivity contribution in [1.82, 2.24) is 24.7 Å². The first-order valence-electron chi connectivity index (χ1n) is 10.3. The predicted molar refractivity (Wildman–Crippen MR) is 113 cm³/mol. The Morgan fingerprint density at radius 3 is 2.65 bits per heavy atom. The lowest BCUT2D eigenvalue weighted by molar-refractivity contribution is -0.150. The number of rotatable bonds is 6. The Morgan fingerprint density at radius 2 is 1.94 bits per heavy atom. The number of halogens is 3. The molecule has 0 aliphatic rings. The van der Waals surface area contributed by atoms with Gasteiger partial charge in [-0.15, -0.1) is 0 Å². The Morgan fingerprint density at radius 1 is 1.18 bits per heavy atom. The third kappa shape index (κ3) is 4.56. The van der Waals surface area contributed by atoms with Gasteiger partial charge in [0.1, 0.15) is 11.4 Å². The van der Waals surface area contributed by atoms with Crippen LogP contribution in [0.2, 0.25) is 0 Å². The van der Waals surface area contributed by atoms with Crippen LogP contribution in [0.5, 0.6) is 5.75 Å². The van der Waals surface area contributed by atoms with Crippen LogP contribution in [0.4, 0.5) is 13.2 Å². The minimum atomic E-state index is -4.57. The van der Waals surface area contributed by atoms with Crippen molar-refractivity contribution in [2.24, 2.45) is 0 Å². The van der Waals surface area contributed by atoms with Crippen LogP contribution in [0.1, 0.15) is 30.7 Å². The average Bonchev–Trinajstić information content (AvgIpc) is 3.42. The number of ether oxygens (including phenoxy) is 2. The maximum absolute atomic E-state index is 12.9. The van der Waals surface area contributed by atoms with Crippen molar-refractivity contribution in [1.29, 1.82) is 0 Å². The minimum Gasteiger partial charge on any atom is -0.479 e. The number of nitrogens with zero attached hydrogens (tertiary/aromatic N) is 5. The van der Waals surface area contributed by atoms with E-state index < -0.39 is 23.9 Å². The lowest BCUT2D eigenvalue weighted by atomic mass is 10.0. The van der Waals surface area contributed by atoms with Gasteiger partial charge in [0.2, 0.25) is 5.82 Å². The van der Waals surface area contributed by atoms with Gasteiger partial charge in [0.25, 0.3) is 5.89 Å². The average molecular weight is 475 g/mol. The third-order valence-corrected chi connectivity index (χ3v) is 4.94. The van der Waals surface area contributed by atoms with Crippen LogP contribution in [-0.2, 0) is 15.7 Å². The molecule has 0 aliphatic heterocycles. The molecule has 12 heteroatoms. The minimum absolute atomic E-state index is 0.0300. The Balaban J connectivity index is 1.60. The molecule has 0 radical (unpaired) electrons. The van der Waals surface area contributed by atoms with Gasteiger partial charge >= 0.3 is 12.1 Å². The zero-order valence-corrected chi connectivity index (χ0v) is 18.7. The second-order valence-electron chi connectivity index (χ2n) is 7.51. The quantitative estimate of drug-likeness (QED) is 0.378. The molecule has 4 rings (SSSR count). The standard InChI is InChI=1S/C22H20F3N5O4/c1-5-32-21(31)13(4)33-16-9-11(2)14(8-12(16)3)19-27-20(34-29-19)15-10-30-18(26-15)7-6-17(28-30)22(23,24)25/h6-10,13H,5H2,1-4H3. The second-order valence-corrected chi connectivity index (χ2v) is 7.51. The first-order valence-corrected chi connectivity index (χ1v) is 10.3. The van der Waals surface area contributed by atoms with Crippen LogP contribution >= 0.6 is 0 Å². The number of fused-ring (bicyclic) bond motifs is 1. The fourth-order valence-corrected chi connectivity index (χ4v) is 3.23. The van der Waals surface area contributed by atoms with E-state index in [0.717, 1.165) is 21.7 Å². The normalized spacial score (nSPS) is 12.7. The number of carbonyl (C=O) groups excluding carboxylic acids is 1. The van der Waals surface area contributed by atoms with E-state index in [0.29, 0.717) is 11.3 Å². The largest absolute Gasteiger partial charge is 0.479 e. The number of alkyl halides is 3. The van der Waals surface area contributed by atoms with Crippen LogP contribution in [0.15, 0.2) is 35.0 Å². The molecule has 3 heterocycles. The number of imidazole rings is 1. The van der Waals surface area contributed by atoms with Crippen molar-refractivity contribution in [3.05, 3.63) is 47.3 Å². The summed E-state index contributed by atoms with van der Waals surface area (Å²) in [6.45, 7) is 7.21. The van der Waals surface area contributed by atoms with Crippen molar-refractivity contribution in [2.45, 2.75) is 40.0 Å². The van der Waals surface area contributed by atoms with E-state index in [-0.39, 0.29) is 29.7 Å². The molecule has 1 atom stereocenters. The number of aromatic nitrogens is 5. The number of hydrogen-bond donors (Lipinski definition) is 0. The van der Waals surface area contributed by atoms with Gasteiger partial charge in [-0.3, -0.25) is 0 Å². The lowest BCUT2D eigenvalue weighted by Crippen LogP contribution is -2.26. The molecule has 0 spiro atoms. The van der Waals surface area contributed by atoms with E-state index in [1.165, 1.54) is 12.3 Å². The van der Waals surface area contributed by atoms with E-state index in [4.69, 9.17) is 14.0 Å². The molecule has 9 nitrogen and oxygen atoms in total. The molecule has 34 heavy (non-hydrogen) atoms. The number of hydrogen-bond acceptors (Lipinski definition) is 8. The van der Waals surface area contributed by atoms with Gasteiger partial charge in [-0.25, -0.2) is 14.3 Å². The monoisotopic (exact) mass is 475 g/mol. The molecule has 1 unspecified atom stereocenters. The molecule has 0 amide bonds. The van der Waals surface area contributed by atoms with Crippen LogP contribution in [-0.4, -0.2) is 43.4 Å². The fourth-order valence-electron chi connectivity index (χ4n) is 3.23. The third-order valence-electron chi connectivity index (χ3n) is 4.94. The zero-order valence-electron chi connectivity index (χ0n) is 18.7. The van der Waals surface area contributed by atoms with Gasteiger partial charge in [-0.05, 0) is 63.1 Å². The molecular weight excluding hydrogens is 455 g/mol. The maximum atomic E-state index is 12.9. The van der Waals surface area contributed by atoms with Gasteiger partial charge in [-0.2, -0.15) is 23.3 Å². The van der Waals surface area contributed by atoms with Gasteiger partial charge in [0.15, 0.2) is 17.4 Å². The highest BCUT2D eigenvalue weighted by atomic mass is 19.4. The van der Waals surface area contributed by atoms with Crippen LogP contribution in [0.25, 0.3) is 28.6 Å².